The number of hydrogen-bond acceptors (Lipinski definition) is 3. The van der Waals surface area contributed by atoms with Crippen LogP contribution >= 0.6 is 0 Å². The van der Waals surface area contributed by atoms with Crippen LogP contribution in [0.25, 0.3) is 0 Å². The summed E-state index contributed by atoms with van der Waals surface area (Å²) < 4.78 is 1.68. The zero-order chi connectivity index (χ0) is 10.7. The third-order valence-corrected chi connectivity index (χ3v) is 2.34. The molecule has 1 atom stereocenters. The molecule has 0 bridgehead atoms. The molecule has 0 spiro atoms. The second-order valence-electron chi connectivity index (χ2n) is 3.33. The zero-order valence-electron chi connectivity index (χ0n) is 8.46. The minimum absolute atomic E-state index is 0.0881. The molecule has 0 aliphatic heterocycles. The highest BCUT2D eigenvalue weighted by molar-refractivity contribution is 6.00. The van der Waals surface area contributed by atoms with Crippen molar-refractivity contribution < 1.29 is 0 Å². The van der Waals surface area contributed by atoms with Crippen LogP contribution in [0, 0.1) is 5.41 Å². The van der Waals surface area contributed by atoms with E-state index >= 15 is 0 Å². The van der Waals surface area contributed by atoms with Crippen LogP contribution in [-0.4, -0.2) is 20.5 Å². The zero-order valence-corrected chi connectivity index (χ0v) is 8.46. The first-order chi connectivity index (χ1) is 7.29. The molecule has 0 aliphatic rings. The molecular formula is C11H12N4. The quantitative estimate of drug-likeness (QED) is 0.769. The number of nitrogens with zero attached hydrogens (tertiary/aromatic N) is 3. The van der Waals surface area contributed by atoms with E-state index in [-0.39, 0.29) is 6.04 Å². The Morgan fingerprint density at radius 3 is 2.67 bits per heavy atom. The van der Waals surface area contributed by atoms with Crippen LogP contribution < -0.4 is 0 Å². The van der Waals surface area contributed by atoms with E-state index in [1.54, 1.807) is 11.0 Å². The highest BCUT2D eigenvalue weighted by atomic mass is 15.3. The second-order valence-corrected chi connectivity index (χ2v) is 3.33. The summed E-state index contributed by atoms with van der Waals surface area (Å²) in [6, 6.07) is 9.56. The van der Waals surface area contributed by atoms with Gasteiger partial charge in [0.25, 0.3) is 0 Å². The molecule has 1 heterocycles. The van der Waals surface area contributed by atoms with Gasteiger partial charge in [-0.1, -0.05) is 30.3 Å². The molecule has 4 nitrogen and oxygen atoms in total. The molecule has 0 saturated carbocycles. The average Bonchev–Trinajstić information content (AvgIpc) is 2.82. The third-order valence-electron chi connectivity index (χ3n) is 2.34. The minimum atomic E-state index is -0.0881. The second kappa shape index (κ2) is 4.04. The fourth-order valence-corrected chi connectivity index (χ4v) is 1.41. The first-order valence-corrected chi connectivity index (χ1v) is 4.77. The van der Waals surface area contributed by atoms with Gasteiger partial charge in [-0.2, -0.15) is 5.10 Å². The third kappa shape index (κ3) is 1.93. The van der Waals surface area contributed by atoms with Crippen LogP contribution in [-0.2, 0) is 0 Å². The molecule has 0 saturated heterocycles. The van der Waals surface area contributed by atoms with Crippen molar-refractivity contribution in [3.63, 3.8) is 0 Å². The van der Waals surface area contributed by atoms with Gasteiger partial charge in [-0.25, -0.2) is 9.67 Å². The van der Waals surface area contributed by atoms with E-state index in [9.17, 15) is 0 Å². The number of aromatic nitrogens is 3. The molecule has 2 aromatic rings. The number of hydrogen-bond donors (Lipinski definition) is 1. The van der Waals surface area contributed by atoms with Gasteiger partial charge < -0.3 is 5.41 Å². The van der Waals surface area contributed by atoms with Crippen LogP contribution in [0.2, 0.25) is 0 Å². The monoisotopic (exact) mass is 200 g/mol. The van der Waals surface area contributed by atoms with E-state index in [0.29, 0.717) is 5.71 Å². The summed E-state index contributed by atoms with van der Waals surface area (Å²) in [6.07, 6.45) is 3.11. The van der Waals surface area contributed by atoms with Crippen molar-refractivity contribution in [1.29, 1.82) is 5.41 Å². The molecule has 76 valence electrons. The summed E-state index contributed by atoms with van der Waals surface area (Å²) in [4.78, 5) is 3.87. The number of rotatable bonds is 3. The number of nitrogens with one attached hydrogen (secondary N) is 1. The van der Waals surface area contributed by atoms with Gasteiger partial charge in [0.2, 0.25) is 0 Å². The minimum Gasteiger partial charge on any atom is -0.302 e. The molecule has 0 amide bonds. The molecule has 0 aliphatic carbocycles. The molecule has 0 radical (unpaired) electrons. The van der Waals surface area contributed by atoms with Crippen LogP contribution in [0.15, 0.2) is 43.0 Å². The topological polar surface area (TPSA) is 54.6 Å². The lowest BCUT2D eigenvalue weighted by molar-refractivity contribution is 0.605. The Bertz CT molecular complexity index is 433. The first-order valence-electron chi connectivity index (χ1n) is 4.77. The predicted octanol–water partition coefficient (Wildman–Crippen LogP) is 1.91. The Morgan fingerprint density at radius 2 is 2.07 bits per heavy atom. The van der Waals surface area contributed by atoms with Gasteiger partial charge in [0.1, 0.15) is 12.7 Å². The van der Waals surface area contributed by atoms with Gasteiger partial charge >= 0.3 is 0 Å². The van der Waals surface area contributed by atoms with Gasteiger partial charge in [0.15, 0.2) is 0 Å². The van der Waals surface area contributed by atoms with Crippen LogP contribution in [0.5, 0.6) is 0 Å². The lowest BCUT2D eigenvalue weighted by Gasteiger charge is -2.12. The fraction of sp³-hybridized carbons (Fsp3) is 0.182. The van der Waals surface area contributed by atoms with E-state index < -0.39 is 0 Å². The normalized spacial score (nSPS) is 12.3. The highest BCUT2D eigenvalue weighted by Gasteiger charge is 2.12. The van der Waals surface area contributed by atoms with Crippen molar-refractivity contribution in [3.05, 3.63) is 48.5 Å². The van der Waals surface area contributed by atoms with Crippen LogP contribution in [0.4, 0.5) is 0 Å². The van der Waals surface area contributed by atoms with E-state index in [4.69, 9.17) is 5.41 Å². The lowest BCUT2D eigenvalue weighted by atomic mass is 10.1. The maximum Gasteiger partial charge on any atom is 0.137 e. The fourth-order valence-electron chi connectivity index (χ4n) is 1.41. The molecule has 0 fully saturated rings. The van der Waals surface area contributed by atoms with Crippen molar-refractivity contribution in [2.45, 2.75) is 13.0 Å². The summed E-state index contributed by atoms with van der Waals surface area (Å²) in [5.74, 6) is 0. The summed E-state index contributed by atoms with van der Waals surface area (Å²) in [6.45, 7) is 1.93. The van der Waals surface area contributed by atoms with Crippen LogP contribution in [0.3, 0.4) is 0 Å². The summed E-state index contributed by atoms with van der Waals surface area (Å²) in [7, 11) is 0. The van der Waals surface area contributed by atoms with Crippen LogP contribution in [0.1, 0.15) is 18.5 Å². The van der Waals surface area contributed by atoms with Crippen molar-refractivity contribution >= 4 is 5.71 Å². The SMILES string of the molecule is CC(C(=N)c1ccccc1)n1cncn1. The molecule has 4 heteroatoms. The van der Waals surface area contributed by atoms with E-state index in [0.717, 1.165) is 5.56 Å². The Morgan fingerprint density at radius 1 is 1.33 bits per heavy atom. The van der Waals surface area contributed by atoms with Gasteiger partial charge in [-0.05, 0) is 12.5 Å². The first kappa shape index (κ1) is 9.58. The molecular weight excluding hydrogens is 188 g/mol. The van der Waals surface area contributed by atoms with Gasteiger partial charge in [0.05, 0.1) is 11.8 Å². The summed E-state index contributed by atoms with van der Waals surface area (Å²) in [5, 5.41) is 12.1. The van der Waals surface area contributed by atoms with Gasteiger partial charge in [0, 0.05) is 0 Å². The van der Waals surface area contributed by atoms with Gasteiger partial charge in [-0.3, -0.25) is 0 Å². The smallest absolute Gasteiger partial charge is 0.137 e. The Kier molecular flexibility index (Phi) is 2.58. The molecule has 2 rings (SSSR count). The Labute approximate surface area is 88.1 Å². The Hall–Kier alpha value is -1.97. The standard InChI is InChI=1S/C11H12N4/c1-9(15-8-13-7-14-15)11(12)10-5-3-2-4-6-10/h2-9,12H,1H3. The van der Waals surface area contributed by atoms with E-state index in [1.165, 1.54) is 6.33 Å². The van der Waals surface area contributed by atoms with Gasteiger partial charge in [-0.15, -0.1) is 0 Å². The molecule has 15 heavy (non-hydrogen) atoms. The Balaban J connectivity index is 2.23. The predicted molar refractivity (Wildman–Crippen MR) is 58.0 cm³/mol. The maximum absolute atomic E-state index is 8.02. The van der Waals surface area contributed by atoms with Crippen molar-refractivity contribution in [3.8, 4) is 0 Å². The number of benzene rings is 1. The summed E-state index contributed by atoms with van der Waals surface area (Å²) >= 11 is 0. The molecule has 1 aromatic heterocycles. The molecule has 1 aromatic carbocycles. The lowest BCUT2D eigenvalue weighted by Crippen LogP contribution is -2.17. The van der Waals surface area contributed by atoms with Crippen molar-refractivity contribution in [2.24, 2.45) is 0 Å². The van der Waals surface area contributed by atoms with E-state index in [2.05, 4.69) is 10.1 Å². The maximum atomic E-state index is 8.02. The largest absolute Gasteiger partial charge is 0.302 e. The summed E-state index contributed by atoms with van der Waals surface area (Å²) in [5.41, 5.74) is 1.46. The average molecular weight is 200 g/mol. The molecule has 1 N–H and O–H groups in total. The van der Waals surface area contributed by atoms with E-state index in [1.807, 2.05) is 37.3 Å². The molecule has 1 unspecified atom stereocenters. The highest BCUT2D eigenvalue weighted by Crippen LogP contribution is 2.11. The van der Waals surface area contributed by atoms with Crippen molar-refractivity contribution in [1.82, 2.24) is 14.8 Å². The van der Waals surface area contributed by atoms with Crippen molar-refractivity contribution in [2.75, 3.05) is 0 Å².